The minimum absolute atomic E-state index is 0.0397. The first-order chi connectivity index (χ1) is 9.09. The summed E-state index contributed by atoms with van der Waals surface area (Å²) < 4.78 is 26.3. The summed E-state index contributed by atoms with van der Waals surface area (Å²) in [6, 6.07) is 7.24. The first kappa shape index (κ1) is 14.1. The molecule has 19 heavy (non-hydrogen) atoms. The van der Waals surface area contributed by atoms with Crippen LogP contribution >= 0.6 is 11.3 Å². The van der Waals surface area contributed by atoms with Gasteiger partial charge in [0.2, 0.25) is 10.0 Å². The molecule has 0 saturated carbocycles. The lowest BCUT2D eigenvalue weighted by Crippen LogP contribution is -2.24. The first-order valence-electron chi connectivity index (χ1n) is 5.71. The van der Waals surface area contributed by atoms with Crippen LogP contribution < -0.4 is 10.5 Å². The Kier molecular flexibility index (Phi) is 4.65. The molecule has 1 aromatic carbocycles. The summed E-state index contributed by atoms with van der Waals surface area (Å²) in [7, 11) is -3.35. The molecule has 102 valence electrons. The summed E-state index contributed by atoms with van der Waals surface area (Å²) in [5, 5.41) is 1.82. The quantitative estimate of drug-likeness (QED) is 0.839. The molecule has 5 nitrogen and oxygen atoms in total. The van der Waals surface area contributed by atoms with Crippen LogP contribution in [0.1, 0.15) is 16.8 Å². The number of hydrogen-bond donors (Lipinski definition) is 2. The zero-order chi connectivity index (χ0) is 13.7. The number of sulfonamides is 1. The molecule has 1 heterocycles. The van der Waals surface area contributed by atoms with E-state index in [-0.39, 0.29) is 12.3 Å². The Hall–Kier alpha value is -1.28. The zero-order valence-electron chi connectivity index (χ0n) is 10.2. The van der Waals surface area contributed by atoms with E-state index in [1.54, 1.807) is 17.6 Å². The molecule has 3 N–H and O–H groups in total. The van der Waals surface area contributed by atoms with Gasteiger partial charge < -0.3 is 5.73 Å². The molecule has 0 bridgehead atoms. The molecule has 0 unspecified atom stereocenters. The van der Waals surface area contributed by atoms with Crippen molar-refractivity contribution in [1.82, 2.24) is 9.71 Å². The Balaban J connectivity index is 1.96. The van der Waals surface area contributed by atoms with Gasteiger partial charge in [0.1, 0.15) is 0 Å². The van der Waals surface area contributed by atoms with Crippen molar-refractivity contribution in [2.45, 2.75) is 18.8 Å². The number of nitrogens with one attached hydrogen (secondary N) is 1. The lowest BCUT2D eigenvalue weighted by Gasteiger charge is -2.06. The van der Waals surface area contributed by atoms with E-state index in [1.807, 2.05) is 17.5 Å². The summed E-state index contributed by atoms with van der Waals surface area (Å²) in [6.07, 6.45) is 0. The van der Waals surface area contributed by atoms with Crippen LogP contribution in [0.2, 0.25) is 0 Å². The predicted molar refractivity (Wildman–Crippen MR) is 75.9 cm³/mol. The molecular formula is C12H15N3O2S2. The molecule has 0 aliphatic rings. The van der Waals surface area contributed by atoms with Crippen LogP contribution in [0.3, 0.4) is 0 Å². The van der Waals surface area contributed by atoms with Crippen molar-refractivity contribution >= 4 is 21.4 Å². The van der Waals surface area contributed by atoms with Crippen molar-refractivity contribution < 1.29 is 8.42 Å². The number of rotatable bonds is 6. The van der Waals surface area contributed by atoms with Crippen LogP contribution in [0.4, 0.5) is 0 Å². The SMILES string of the molecule is NCc1ccc(CS(=O)(=O)NCc2cscn2)cc1. The molecule has 2 aromatic rings. The average molecular weight is 297 g/mol. The zero-order valence-corrected chi connectivity index (χ0v) is 11.9. The highest BCUT2D eigenvalue weighted by Crippen LogP contribution is 2.08. The summed E-state index contributed by atoms with van der Waals surface area (Å²) in [5.41, 5.74) is 9.62. The minimum atomic E-state index is -3.35. The highest BCUT2D eigenvalue weighted by molar-refractivity contribution is 7.88. The van der Waals surface area contributed by atoms with E-state index >= 15 is 0 Å². The fourth-order valence-corrected chi connectivity index (χ4v) is 3.21. The number of nitrogens with zero attached hydrogens (tertiary/aromatic N) is 1. The van der Waals surface area contributed by atoms with E-state index in [9.17, 15) is 8.42 Å². The largest absolute Gasteiger partial charge is 0.326 e. The van der Waals surface area contributed by atoms with Gasteiger partial charge in [-0.15, -0.1) is 11.3 Å². The van der Waals surface area contributed by atoms with Crippen molar-refractivity contribution in [1.29, 1.82) is 0 Å². The molecule has 0 atom stereocenters. The molecule has 0 aliphatic heterocycles. The number of aromatic nitrogens is 1. The number of thiazole rings is 1. The molecule has 7 heteroatoms. The van der Waals surface area contributed by atoms with Gasteiger partial charge in [0.25, 0.3) is 0 Å². The van der Waals surface area contributed by atoms with Crippen LogP contribution in [0.15, 0.2) is 35.2 Å². The molecule has 0 aliphatic carbocycles. The monoisotopic (exact) mass is 297 g/mol. The van der Waals surface area contributed by atoms with Crippen molar-refractivity contribution in [3.05, 3.63) is 52.0 Å². The summed E-state index contributed by atoms with van der Waals surface area (Å²) >= 11 is 1.44. The minimum Gasteiger partial charge on any atom is -0.326 e. The Morgan fingerprint density at radius 3 is 2.47 bits per heavy atom. The lowest BCUT2D eigenvalue weighted by molar-refractivity contribution is 0.579. The molecule has 0 radical (unpaired) electrons. The maximum absolute atomic E-state index is 11.9. The fraction of sp³-hybridized carbons (Fsp3) is 0.250. The fourth-order valence-electron chi connectivity index (χ4n) is 1.55. The van der Waals surface area contributed by atoms with Crippen LogP contribution in [0.25, 0.3) is 0 Å². The Morgan fingerprint density at radius 2 is 1.89 bits per heavy atom. The topological polar surface area (TPSA) is 85.1 Å². The van der Waals surface area contributed by atoms with Crippen LogP contribution in [0.5, 0.6) is 0 Å². The molecule has 0 saturated heterocycles. The molecule has 1 aromatic heterocycles. The third kappa shape index (κ3) is 4.39. The summed E-state index contributed by atoms with van der Waals surface area (Å²) in [4.78, 5) is 4.03. The third-order valence-electron chi connectivity index (χ3n) is 2.57. The normalized spacial score (nSPS) is 11.6. The number of benzene rings is 1. The second-order valence-corrected chi connectivity index (χ2v) is 6.61. The van der Waals surface area contributed by atoms with Gasteiger partial charge >= 0.3 is 0 Å². The molecule has 0 amide bonds. The van der Waals surface area contributed by atoms with Crippen molar-refractivity contribution in [3.8, 4) is 0 Å². The van der Waals surface area contributed by atoms with E-state index in [0.717, 1.165) is 16.8 Å². The Labute approximate surface area is 116 Å². The van der Waals surface area contributed by atoms with Gasteiger partial charge in [0, 0.05) is 11.9 Å². The van der Waals surface area contributed by atoms with Crippen molar-refractivity contribution in [3.63, 3.8) is 0 Å². The number of hydrogen-bond acceptors (Lipinski definition) is 5. The van der Waals surface area contributed by atoms with E-state index in [0.29, 0.717) is 6.54 Å². The van der Waals surface area contributed by atoms with Crippen LogP contribution in [-0.2, 0) is 28.9 Å². The second-order valence-electron chi connectivity index (χ2n) is 4.08. The highest BCUT2D eigenvalue weighted by Gasteiger charge is 2.11. The van der Waals surface area contributed by atoms with E-state index < -0.39 is 10.0 Å². The maximum atomic E-state index is 11.9. The van der Waals surface area contributed by atoms with E-state index in [2.05, 4.69) is 9.71 Å². The molecule has 0 fully saturated rings. The van der Waals surface area contributed by atoms with Gasteiger partial charge in [0.15, 0.2) is 0 Å². The molecular weight excluding hydrogens is 282 g/mol. The van der Waals surface area contributed by atoms with Crippen LogP contribution in [0, 0.1) is 0 Å². The van der Waals surface area contributed by atoms with Gasteiger partial charge in [-0.1, -0.05) is 24.3 Å². The van der Waals surface area contributed by atoms with E-state index in [1.165, 1.54) is 11.3 Å². The van der Waals surface area contributed by atoms with Gasteiger partial charge in [0.05, 0.1) is 23.5 Å². The lowest BCUT2D eigenvalue weighted by atomic mass is 10.1. The highest BCUT2D eigenvalue weighted by atomic mass is 32.2. The smallest absolute Gasteiger partial charge is 0.216 e. The second kappa shape index (κ2) is 6.25. The van der Waals surface area contributed by atoms with Crippen molar-refractivity contribution in [2.24, 2.45) is 5.73 Å². The Morgan fingerprint density at radius 1 is 1.21 bits per heavy atom. The Bertz CT molecular complexity index is 607. The van der Waals surface area contributed by atoms with Crippen LogP contribution in [-0.4, -0.2) is 13.4 Å². The van der Waals surface area contributed by atoms with E-state index in [4.69, 9.17) is 5.73 Å². The molecule has 0 spiro atoms. The third-order valence-corrected chi connectivity index (χ3v) is 4.50. The van der Waals surface area contributed by atoms with Gasteiger partial charge in [-0.25, -0.2) is 18.1 Å². The van der Waals surface area contributed by atoms with Gasteiger partial charge in [-0.05, 0) is 11.1 Å². The summed E-state index contributed by atoms with van der Waals surface area (Å²) in [5.74, 6) is -0.0397. The summed E-state index contributed by atoms with van der Waals surface area (Å²) in [6.45, 7) is 0.682. The van der Waals surface area contributed by atoms with Crippen molar-refractivity contribution in [2.75, 3.05) is 0 Å². The standard InChI is InChI=1S/C12H15N3O2S2/c13-5-10-1-3-11(4-2-10)8-19(16,17)15-6-12-7-18-9-14-12/h1-4,7,9,15H,5-6,8,13H2. The first-order valence-corrected chi connectivity index (χ1v) is 8.31. The predicted octanol–water partition coefficient (Wildman–Crippen LogP) is 1.22. The van der Waals surface area contributed by atoms with Gasteiger partial charge in [-0.3, -0.25) is 0 Å². The van der Waals surface area contributed by atoms with Gasteiger partial charge in [-0.2, -0.15) is 0 Å². The maximum Gasteiger partial charge on any atom is 0.216 e. The molecule has 2 rings (SSSR count). The average Bonchev–Trinajstić information content (AvgIpc) is 2.90. The number of nitrogens with two attached hydrogens (primary N) is 1.